The molecule has 0 radical (unpaired) electrons. The van der Waals surface area contributed by atoms with Crippen LogP contribution in [0.25, 0.3) is 0 Å². The Labute approximate surface area is 199 Å². The van der Waals surface area contributed by atoms with E-state index in [1.54, 1.807) is 12.1 Å². The molecule has 4 nitrogen and oxygen atoms in total. The maximum absolute atomic E-state index is 13.2. The first kappa shape index (κ1) is 22.1. The summed E-state index contributed by atoms with van der Waals surface area (Å²) in [6, 6.07) is 27.3. The molecule has 1 aliphatic heterocycles. The van der Waals surface area contributed by atoms with E-state index in [0.29, 0.717) is 37.5 Å². The lowest BCUT2D eigenvalue weighted by Gasteiger charge is -2.51. The summed E-state index contributed by atoms with van der Waals surface area (Å²) in [7, 11) is 0. The predicted octanol–water partition coefficient (Wildman–Crippen LogP) is 5.31. The second kappa shape index (κ2) is 8.60. The predicted molar refractivity (Wildman–Crippen MR) is 129 cm³/mol. The molecule has 0 amide bonds. The average Bonchev–Trinajstić information content (AvgIpc) is 3.22. The van der Waals surface area contributed by atoms with Gasteiger partial charge in [-0.3, -0.25) is 9.69 Å². The molecule has 3 aromatic rings. The van der Waals surface area contributed by atoms with Crippen LogP contribution in [0.3, 0.4) is 0 Å². The number of carbonyl (C=O) groups is 1. The van der Waals surface area contributed by atoms with Crippen molar-refractivity contribution in [1.29, 1.82) is 0 Å². The van der Waals surface area contributed by atoms with Crippen LogP contribution in [0.4, 0.5) is 0 Å². The second-order valence-electron chi connectivity index (χ2n) is 9.49. The quantitative estimate of drug-likeness (QED) is 0.540. The Morgan fingerprint density at radius 1 is 0.970 bits per heavy atom. The van der Waals surface area contributed by atoms with Crippen LogP contribution in [0.2, 0.25) is 5.02 Å². The zero-order chi connectivity index (χ0) is 23.1. The molecule has 0 spiro atoms. The highest BCUT2D eigenvalue weighted by Crippen LogP contribution is 2.61. The van der Waals surface area contributed by atoms with Crippen LogP contribution in [0.15, 0.2) is 84.9 Å². The maximum Gasteiger partial charge on any atom is 0.312 e. The molecule has 170 valence electrons. The first-order chi connectivity index (χ1) is 15.9. The summed E-state index contributed by atoms with van der Waals surface area (Å²) < 4.78 is 0. The zero-order valence-corrected chi connectivity index (χ0v) is 19.2. The van der Waals surface area contributed by atoms with Gasteiger partial charge in [-0.25, -0.2) is 0 Å². The number of carboxylic acid groups (broad SMARTS) is 1. The molecular formula is C28H28ClNO3. The fraction of sp³-hybridized carbons (Fsp3) is 0.321. The number of likely N-dealkylation sites (tertiary alicyclic amines) is 1. The lowest BCUT2D eigenvalue weighted by molar-refractivity contribution is -0.169. The van der Waals surface area contributed by atoms with Crippen LogP contribution >= 0.6 is 11.6 Å². The number of halogens is 1. The van der Waals surface area contributed by atoms with E-state index in [2.05, 4.69) is 17.0 Å². The van der Waals surface area contributed by atoms with Gasteiger partial charge < -0.3 is 10.2 Å². The summed E-state index contributed by atoms with van der Waals surface area (Å²) in [6.07, 6.45) is 1.11. The second-order valence-corrected chi connectivity index (χ2v) is 9.92. The number of hydrogen-bond acceptors (Lipinski definition) is 3. The summed E-state index contributed by atoms with van der Waals surface area (Å²) in [4.78, 5) is 15.4. The minimum absolute atomic E-state index is 0.172. The summed E-state index contributed by atoms with van der Waals surface area (Å²) >= 11 is 6.12. The number of rotatable bonds is 5. The molecule has 1 saturated carbocycles. The van der Waals surface area contributed by atoms with E-state index in [-0.39, 0.29) is 5.92 Å². The number of fused-ring (bicyclic) bond motifs is 1. The molecule has 0 aromatic heterocycles. The van der Waals surface area contributed by atoms with Crippen molar-refractivity contribution in [3.05, 3.63) is 107 Å². The first-order valence-electron chi connectivity index (χ1n) is 11.5. The summed E-state index contributed by atoms with van der Waals surface area (Å²) in [6.45, 7) is 1.57. The van der Waals surface area contributed by atoms with Gasteiger partial charge in [0.25, 0.3) is 0 Å². The topological polar surface area (TPSA) is 60.8 Å². The number of aliphatic carboxylic acids is 1. The lowest BCUT2D eigenvalue weighted by atomic mass is 9.53. The molecule has 33 heavy (non-hydrogen) atoms. The Hall–Kier alpha value is -2.66. The molecule has 1 saturated heterocycles. The van der Waals surface area contributed by atoms with E-state index in [0.717, 1.165) is 16.7 Å². The van der Waals surface area contributed by atoms with Gasteiger partial charge in [-0.1, -0.05) is 84.4 Å². The van der Waals surface area contributed by atoms with Crippen molar-refractivity contribution in [3.63, 3.8) is 0 Å². The largest absolute Gasteiger partial charge is 0.481 e. The van der Waals surface area contributed by atoms with Crippen molar-refractivity contribution in [2.75, 3.05) is 13.1 Å². The average molecular weight is 462 g/mol. The van der Waals surface area contributed by atoms with Gasteiger partial charge in [0.05, 0.1) is 11.0 Å². The molecule has 2 fully saturated rings. The van der Waals surface area contributed by atoms with Crippen molar-refractivity contribution >= 4 is 17.6 Å². The maximum atomic E-state index is 13.2. The minimum Gasteiger partial charge on any atom is -0.481 e. The smallest absolute Gasteiger partial charge is 0.312 e. The fourth-order valence-corrected chi connectivity index (χ4v) is 6.38. The first-order valence-corrected chi connectivity index (χ1v) is 11.8. The SMILES string of the molecule is O=C(O)C12CN(Cc3ccccc3)CC1C(O)(c1ccc(Cl)cc1)CCC2c1ccccc1. The molecule has 4 atom stereocenters. The Bertz CT molecular complexity index is 1120. The van der Waals surface area contributed by atoms with Gasteiger partial charge in [0.2, 0.25) is 0 Å². The number of hydrogen-bond donors (Lipinski definition) is 2. The van der Waals surface area contributed by atoms with Crippen molar-refractivity contribution in [3.8, 4) is 0 Å². The van der Waals surface area contributed by atoms with Crippen molar-refractivity contribution in [2.24, 2.45) is 11.3 Å². The van der Waals surface area contributed by atoms with Gasteiger partial charge >= 0.3 is 5.97 Å². The molecule has 1 aliphatic carbocycles. The Morgan fingerprint density at radius 3 is 2.24 bits per heavy atom. The fourth-order valence-electron chi connectivity index (χ4n) is 6.25. The monoisotopic (exact) mass is 461 g/mol. The van der Waals surface area contributed by atoms with Crippen molar-refractivity contribution in [2.45, 2.75) is 30.9 Å². The third kappa shape index (κ3) is 3.76. The van der Waals surface area contributed by atoms with E-state index in [1.807, 2.05) is 60.7 Å². The molecule has 5 rings (SSSR count). The Balaban J connectivity index is 1.60. The highest BCUT2D eigenvalue weighted by atomic mass is 35.5. The summed E-state index contributed by atoms with van der Waals surface area (Å²) in [5.41, 5.74) is 0.589. The number of carboxylic acids is 1. The van der Waals surface area contributed by atoms with Gasteiger partial charge in [-0.05, 0) is 41.7 Å². The highest BCUT2D eigenvalue weighted by molar-refractivity contribution is 6.30. The number of aliphatic hydroxyl groups is 1. The molecule has 3 aromatic carbocycles. The van der Waals surface area contributed by atoms with Gasteiger partial charge in [0.15, 0.2) is 0 Å². The van der Waals surface area contributed by atoms with E-state index in [4.69, 9.17) is 11.6 Å². The zero-order valence-electron chi connectivity index (χ0n) is 18.4. The van der Waals surface area contributed by atoms with Crippen LogP contribution in [-0.2, 0) is 16.9 Å². The van der Waals surface area contributed by atoms with Gasteiger partial charge in [0, 0.05) is 36.5 Å². The normalized spacial score (nSPS) is 29.5. The molecule has 2 N–H and O–H groups in total. The van der Waals surface area contributed by atoms with E-state index >= 15 is 0 Å². The van der Waals surface area contributed by atoms with Crippen LogP contribution < -0.4 is 0 Å². The van der Waals surface area contributed by atoms with Crippen molar-refractivity contribution in [1.82, 2.24) is 4.90 Å². The summed E-state index contributed by atoms with van der Waals surface area (Å²) in [5.74, 6) is -1.45. The van der Waals surface area contributed by atoms with E-state index < -0.39 is 22.9 Å². The third-order valence-electron chi connectivity index (χ3n) is 7.75. The van der Waals surface area contributed by atoms with Gasteiger partial charge in [-0.2, -0.15) is 0 Å². The lowest BCUT2D eigenvalue weighted by Crippen LogP contribution is -2.56. The molecule has 0 bridgehead atoms. The Kier molecular flexibility index (Phi) is 5.77. The third-order valence-corrected chi connectivity index (χ3v) is 8.01. The number of benzene rings is 3. The van der Waals surface area contributed by atoms with Crippen LogP contribution in [-0.4, -0.2) is 34.2 Å². The van der Waals surface area contributed by atoms with E-state index in [9.17, 15) is 15.0 Å². The highest BCUT2D eigenvalue weighted by Gasteiger charge is 2.66. The summed E-state index contributed by atoms with van der Waals surface area (Å²) in [5, 5.41) is 23.5. The van der Waals surface area contributed by atoms with Crippen LogP contribution in [0, 0.1) is 11.3 Å². The molecule has 4 unspecified atom stereocenters. The molecule has 5 heteroatoms. The van der Waals surface area contributed by atoms with Crippen LogP contribution in [0.5, 0.6) is 0 Å². The van der Waals surface area contributed by atoms with Gasteiger partial charge in [-0.15, -0.1) is 0 Å². The molecular weight excluding hydrogens is 434 g/mol. The van der Waals surface area contributed by atoms with E-state index in [1.165, 1.54) is 0 Å². The minimum atomic E-state index is -1.24. The molecule has 1 heterocycles. The van der Waals surface area contributed by atoms with Gasteiger partial charge in [0.1, 0.15) is 0 Å². The van der Waals surface area contributed by atoms with Crippen molar-refractivity contribution < 1.29 is 15.0 Å². The number of nitrogens with zero attached hydrogens (tertiary/aromatic N) is 1. The van der Waals surface area contributed by atoms with Crippen LogP contribution in [0.1, 0.15) is 35.4 Å². The molecule has 2 aliphatic rings. The Morgan fingerprint density at radius 2 is 1.61 bits per heavy atom. The standard InChI is InChI=1S/C28H28ClNO3/c29-23-13-11-22(12-14-23)28(33)16-15-24(21-9-5-2-6-10-21)27(26(31)32)19-30(18-25(27)28)17-20-7-3-1-4-8-20/h1-14,24-25,33H,15-19H2,(H,31,32).